The molecule has 1 saturated heterocycles. The Kier molecular flexibility index (Phi) is 4.12. The van der Waals surface area contributed by atoms with Crippen molar-refractivity contribution >= 4 is 11.6 Å². The number of nitrogens with one attached hydrogen (secondary N) is 1. The third-order valence-electron chi connectivity index (χ3n) is 5.36. The van der Waals surface area contributed by atoms with Gasteiger partial charge in [0.2, 0.25) is 12.7 Å². The minimum Gasteiger partial charge on any atom is -0.454 e. The Morgan fingerprint density at radius 1 is 1.13 bits per heavy atom. The maximum Gasteiger partial charge on any atom is 0.238 e. The minimum absolute atomic E-state index is 0.0649. The second kappa shape index (κ2) is 6.40. The number of hydrogen-bond donors (Lipinski definition) is 1. The van der Waals surface area contributed by atoms with Crippen molar-refractivity contribution in [2.24, 2.45) is 5.92 Å². The van der Waals surface area contributed by atoms with Crippen LogP contribution in [0.25, 0.3) is 0 Å². The summed E-state index contributed by atoms with van der Waals surface area (Å²) in [7, 11) is 0. The van der Waals surface area contributed by atoms with E-state index in [2.05, 4.69) is 10.2 Å². The van der Waals surface area contributed by atoms with Crippen molar-refractivity contribution in [1.29, 1.82) is 0 Å². The van der Waals surface area contributed by atoms with Gasteiger partial charge in [0.15, 0.2) is 11.5 Å². The lowest BCUT2D eigenvalue weighted by Gasteiger charge is -2.43. The van der Waals surface area contributed by atoms with Crippen LogP contribution >= 0.6 is 0 Å². The van der Waals surface area contributed by atoms with Crippen LogP contribution in [0.3, 0.4) is 0 Å². The van der Waals surface area contributed by atoms with E-state index >= 15 is 0 Å². The predicted molar refractivity (Wildman–Crippen MR) is 87.7 cm³/mol. The van der Waals surface area contributed by atoms with Crippen molar-refractivity contribution in [2.45, 2.75) is 44.6 Å². The highest BCUT2D eigenvalue weighted by atomic mass is 16.7. The van der Waals surface area contributed by atoms with E-state index in [4.69, 9.17) is 9.47 Å². The molecule has 1 N–H and O–H groups in total. The van der Waals surface area contributed by atoms with Gasteiger partial charge in [-0.2, -0.15) is 0 Å². The van der Waals surface area contributed by atoms with Crippen LogP contribution in [-0.4, -0.2) is 36.7 Å². The fourth-order valence-electron chi connectivity index (χ4n) is 4.28. The summed E-state index contributed by atoms with van der Waals surface area (Å²) in [5, 5.41) is 3.00. The Bertz CT molecular complexity index is 588. The number of likely N-dealkylation sites (tertiary alicyclic amines) is 1. The van der Waals surface area contributed by atoms with Gasteiger partial charge in [0.05, 0.1) is 6.54 Å². The maximum atomic E-state index is 12.4. The highest BCUT2D eigenvalue weighted by Gasteiger charge is 2.33. The SMILES string of the molecule is O=C(CN1CCC[C@H]2CCCC[C@@H]21)Nc1ccc2c(c1)OCO2. The Hall–Kier alpha value is -1.75. The van der Waals surface area contributed by atoms with Crippen LogP contribution in [0, 0.1) is 5.92 Å². The normalized spacial score (nSPS) is 26.6. The van der Waals surface area contributed by atoms with Crippen LogP contribution < -0.4 is 14.8 Å². The number of fused-ring (bicyclic) bond motifs is 2. The molecule has 1 aliphatic carbocycles. The summed E-state index contributed by atoms with van der Waals surface area (Å²) in [5.41, 5.74) is 0.774. The van der Waals surface area contributed by atoms with Gasteiger partial charge in [-0.15, -0.1) is 0 Å². The van der Waals surface area contributed by atoms with E-state index < -0.39 is 0 Å². The molecule has 0 bridgehead atoms. The lowest BCUT2D eigenvalue weighted by atomic mass is 9.78. The van der Waals surface area contributed by atoms with E-state index in [0.29, 0.717) is 18.3 Å². The monoisotopic (exact) mass is 316 g/mol. The number of benzene rings is 1. The topological polar surface area (TPSA) is 50.8 Å². The van der Waals surface area contributed by atoms with Crippen LogP contribution in [0.4, 0.5) is 5.69 Å². The molecule has 2 atom stereocenters. The van der Waals surface area contributed by atoms with Gasteiger partial charge in [0.25, 0.3) is 0 Å². The zero-order valence-corrected chi connectivity index (χ0v) is 13.4. The molecule has 124 valence electrons. The Morgan fingerprint density at radius 3 is 2.91 bits per heavy atom. The molecule has 0 spiro atoms. The number of carbonyl (C=O) groups is 1. The molecular formula is C18H24N2O3. The first-order chi connectivity index (χ1) is 11.3. The smallest absolute Gasteiger partial charge is 0.238 e. The zero-order chi connectivity index (χ0) is 15.6. The second-order valence-electron chi connectivity index (χ2n) is 6.84. The molecule has 2 fully saturated rings. The van der Waals surface area contributed by atoms with E-state index in [0.717, 1.165) is 23.9 Å². The first-order valence-corrected chi connectivity index (χ1v) is 8.73. The summed E-state index contributed by atoms with van der Waals surface area (Å²) in [6.07, 6.45) is 7.82. The molecule has 1 aromatic carbocycles. The number of hydrogen-bond acceptors (Lipinski definition) is 4. The first-order valence-electron chi connectivity index (χ1n) is 8.73. The molecule has 23 heavy (non-hydrogen) atoms. The fraction of sp³-hybridized carbons (Fsp3) is 0.611. The Labute approximate surface area is 136 Å². The molecule has 5 nitrogen and oxygen atoms in total. The van der Waals surface area contributed by atoms with Gasteiger partial charge in [-0.25, -0.2) is 0 Å². The van der Waals surface area contributed by atoms with Crippen molar-refractivity contribution in [3.8, 4) is 11.5 Å². The zero-order valence-electron chi connectivity index (χ0n) is 13.4. The molecule has 0 aromatic heterocycles. The highest BCUT2D eigenvalue weighted by Crippen LogP contribution is 2.36. The van der Waals surface area contributed by atoms with E-state index in [9.17, 15) is 4.79 Å². The van der Waals surface area contributed by atoms with Crippen LogP contribution in [0.1, 0.15) is 38.5 Å². The molecule has 3 aliphatic rings. The molecule has 0 radical (unpaired) electrons. The Morgan fingerprint density at radius 2 is 1.96 bits per heavy atom. The predicted octanol–water partition coefficient (Wildman–Crippen LogP) is 3.01. The van der Waals surface area contributed by atoms with Crippen molar-refractivity contribution < 1.29 is 14.3 Å². The number of amides is 1. The minimum atomic E-state index is 0.0649. The first kappa shape index (κ1) is 14.8. The third kappa shape index (κ3) is 3.15. The van der Waals surface area contributed by atoms with Gasteiger partial charge in [-0.1, -0.05) is 12.8 Å². The summed E-state index contributed by atoms with van der Waals surface area (Å²) < 4.78 is 10.7. The van der Waals surface area contributed by atoms with Gasteiger partial charge in [-0.05, 0) is 50.3 Å². The summed E-state index contributed by atoms with van der Waals surface area (Å²) in [4.78, 5) is 14.8. The van der Waals surface area contributed by atoms with Crippen LogP contribution in [0.5, 0.6) is 11.5 Å². The van der Waals surface area contributed by atoms with E-state index in [-0.39, 0.29) is 12.7 Å². The standard InChI is InChI=1S/C18H24N2O3/c21-18(19-14-7-8-16-17(10-14)23-12-22-16)11-20-9-3-5-13-4-1-2-6-15(13)20/h7-8,10,13,15H,1-6,9,11-12H2,(H,19,21)/t13-,15+/m1/s1. The number of carbonyl (C=O) groups excluding carboxylic acids is 1. The number of nitrogens with zero attached hydrogens (tertiary/aromatic N) is 1. The van der Waals surface area contributed by atoms with Gasteiger partial charge >= 0.3 is 0 Å². The van der Waals surface area contributed by atoms with Gasteiger partial charge < -0.3 is 14.8 Å². The number of piperidine rings is 1. The molecule has 1 aromatic rings. The molecular weight excluding hydrogens is 292 g/mol. The number of rotatable bonds is 3. The molecule has 0 unspecified atom stereocenters. The van der Waals surface area contributed by atoms with Crippen molar-refractivity contribution in [3.63, 3.8) is 0 Å². The molecule has 1 amide bonds. The molecule has 2 heterocycles. The summed E-state index contributed by atoms with van der Waals surface area (Å²) >= 11 is 0. The van der Waals surface area contributed by atoms with Crippen LogP contribution in [0.15, 0.2) is 18.2 Å². The van der Waals surface area contributed by atoms with Gasteiger partial charge in [0.1, 0.15) is 0 Å². The Balaban J connectivity index is 1.37. The van der Waals surface area contributed by atoms with Gasteiger partial charge in [0, 0.05) is 17.8 Å². The van der Waals surface area contributed by atoms with E-state index in [1.165, 1.54) is 38.5 Å². The summed E-state index contributed by atoms with van der Waals surface area (Å²) in [6, 6.07) is 6.15. The van der Waals surface area contributed by atoms with E-state index in [1.54, 1.807) is 0 Å². The lowest BCUT2D eigenvalue weighted by molar-refractivity contribution is -0.118. The fourth-order valence-corrected chi connectivity index (χ4v) is 4.28. The quantitative estimate of drug-likeness (QED) is 0.931. The highest BCUT2D eigenvalue weighted by molar-refractivity contribution is 5.92. The summed E-state index contributed by atoms with van der Waals surface area (Å²) in [6.45, 7) is 1.80. The third-order valence-corrected chi connectivity index (χ3v) is 5.36. The average molecular weight is 316 g/mol. The van der Waals surface area contributed by atoms with Gasteiger partial charge in [-0.3, -0.25) is 9.69 Å². The molecule has 5 heteroatoms. The van der Waals surface area contributed by atoms with Crippen molar-refractivity contribution in [3.05, 3.63) is 18.2 Å². The van der Waals surface area contributed by atoms with Crippen molar-refractivity contribution in [1.82, 2.24) is 4.90 Å². The van der Waals surface area contributed by atoms with Crippen molar-refractivity contribution in [2.75, 3.05) is 25.2 Å². The lowest BCUT2D eigenvalue weighted by Crippen LogP contribution is -2.49. The second-order valence-corrected chi connectivity index (χ2v) is 6.84. The average Bonchev–Trinajstić information content (AvgIpc) is 3.03. The van der Waals surface area contributed by atoms with Crippen LogP contribution in [0.2, 0.25) is 0 Å². The number of anilines is 1. The molecule has 4 rings (SSSR count). The largest absolute Gasteiger partial charge is 0.454 e. The molecule has 2 aliphatic heterocycles. The molecule has 1 saturated carbocycles. The van der Waals surface area contributed by atoms with E-state index in [1.807, 2.05) is 18.2 Å². The summed E-state index contributed by atoms with van der Waals surface area (Å²) in [5.74, 6) is 2.31. The van der Waals surface area contributed by atoms with Crippen LogP contribution in [-0.2, 0) is 4.79 Å². The number of ether oxygens (including phenoxy) is 2. The maximum absolute atomic E-state index is 12.4.